The van der Waals surface area contributed by atoms with Gasteiger partial charge in [-0.05, 0) is 48.9 Å². The van der Waals surface area contributed by atoms with Crippen molar-refractivity contribution in [2.75, 3.05) is 5.32 Å². The first kappa shape index (κ1) is 19.1. The summed E-state index contributed by atoms with van der Waals surface area (Å²) in [6.45, 7) is 2.00. The number of hydrogen-bond donors (Lipinski definition) is 1. The molecule has 2 heterocycles. The second-order valence-corrected chi connectivity index (χ2v) is 8.12. The number of nitrogens with one attached hydrogen (secondary N) is 1. The second-order valence-electron chi connectivity index (χ2n) is 6.35. The normalized spacial score (nSPS) is 11.4. The molecule has 0 aliphatic carbocycles. The van der Waals surface area contributed by atoms with Crippen LogP contribution in [0.3, 0.4) is 0 Å². The largest absolute Gasteiger partial charge is 0.422 e. The Morgan fingerprint density at radius 2 is 2.14 bits per heavy atom. The molecule has 0 saturated heterocycles. The van der Waals surface area contributed by atoms with E-state index in [0.717, 1.165) is 21.1 Å². The van der Waals surface area contributed by atoms with Crippen molar-refractivity contribution < 1.29 is 4.42 Å². The summed E-state index contributed by atoms with van der Waals surface area (Å²) >= 11 is 4.72. The maximum atomic E-state index is 12.4. The first-order valence-electron chi connectivity index (χ1n) is 8.66. The van der Waals surface area contributed by atoms with Gasteiger partial charge in [0.15, 0.2) is 0 Å². The quantitative estimate of drug-likeness (QED) is 0.298. The third-order valence-electron chi connectivity index (χ3n) is 4.23. The maximum absolute atomic E-state index is 12.4. The van der Waals surface area contributed by atoms with E-state index >= 15 is 0 Å². The van der Waals surface area contributed by atoms with E-state index in [9.17, 15) is 10.1 Å². The number of halogens is 1. The van der Waals surface area contributed by atoms with E-state index in [1.165, 1.54) is 11.3 Å². The summed E-state index contributed by atoms with van der Waals surface area (Å²) in [6.07, 6.45) is 1.62. The van der Waals surface area contributed by atoms with Crippen molar-refractivity contribution in [3.05, 3.63) is 85.6 Å². The Morgan fingerprint density at radius 1 is 1.28 bits per heavy atom. The van der Waals surface area contributed by atoms with E-state index in [4.69, 9.17) is 4.42 Å². The number of nitriles is 1. The van der Waals surface area contributed by atoms with Gasteiger partial charge in [0, 0.05) is 27.1 Å². The fourth-order valence-corrected chi connectivity index (χ4v) is 3.99. The number of aryl methyl sites for hydroxylation is 1. The summed E-state index contributed by atoms with van der Waals surface area (Å²) < 4.78 is 6.30. The van der Waals surface area contributed by atoms with E-state index in [-0.39, 0.29) is 0 Å². The van der Waals surface area contributed by atoms with Crippen LogP contribution in [0.1, 0.15) is 10.6 Å². The number of hydrogen-bond acceptors (Lipinski definition) is 6. The molecule has 2 aromatic carbocycles. The van der Waals surface area contributed by atoms with Crippen LogP contribution in [0, 0.1) is 18.3 Å². The van der Waals surface area contributed by atoms with Crippen molar-refractivity contribution in [2.45, 2.75) is 6.92 Å². The predicted molar refractivity (Wildman–Crippen MR) is 120 cm³/mol. The number of aromatic nitrogens is 1. The Bertz CT molecular complexity index is 1350. The minimum atomic E-state index is -0.461. The molecule has 0 unspecified atom stereocenters. The molecule has 4 aromatic rings. The van der Waals surface area contributed by atoms with Crippen LogP contribution in [0.15, 0.2) is 73.8 Å². The van der Waals surface area contributed by atoms with Gasteiger partial charge in [0.1, 0.15) is 22.2 Å². The summed E-state index contributed by atoms with van der Waals surface area (Å²) in [4.78, 5) is 16.9. The molecule has 0 fully saturated rings. The summed E-state index contributed by atoms with van der Waals surface area (Å²) in [6, 6.07) is 17.2. The summed E-state index contributed by atoms with van der Waals surface area (Å²) in [5.74, 6) is 0. The Labute approximate surface area is 179 Å². The van der Waals surface area contributed by atoms with Crippen LogP contribution in [-0.4, -0.2) is 4.98 Å². The van der Waals surface area contributed by atoms with Gasteiger partial charge in [0.05, 0.1) is 11.3 Å². The first-order chi connectivity index (χ1) is 14.0. The van der Waals surface area contributed by atoms with Gasteiger partial charge in [-0.1, -0.05) is 28.1 Å². The average molecular weight is 464 g/mol. The van der Waals surface area contributed by atoms with Crippen molar-refractivity contribution in [1.82, 2.24) is 4.98 Å². The van der Waals surface area contributed by atoms with Crippen LogP contribution >= 0.6 is 27.3 Å². The molecule has 0 amide bonds. The molecule has 142 valence electrons. The highest BCUT2D eigenvalue weighted by Gasteiger charge is 2.14. The molecule has 0 atom stereocenters. The van der Waals surface area contributed by atoms with Gasteiger partial charge in [-0.2, -0.15) is 5.26 Å². The van der Waals surface area contributed by atoms with E-state index in [0.29, 0.717) is 27.4 Å². The highest BCUT2D eigenvalue weighted by molar-refractivity contribution is 9.10. The van der Waals surface area contributed by atoms with E-state index in [2.05, 4.69) is 32.3 Å². The fraction of sp³-hybridized carbons (Fsp3) is 0.0455. The monoisotopic (exact) mass is 463 g/mol. The van der Waals surface area contributed by atoms with Gasteiger partial charge in [-0.3, -0.25) is 0 Å². The number of fused-ring (bicyclic) bond motifs is 1. The molecule has 0 radical (unpaired) electrons. The average Bonchev–Trinajstić information content (AvgIpc) is 3.18. The lowest BCUT2D eigenvalue weighted by Crippen LogP contribution is -2.03. The van der Waals surface area contributed by atoms with Crippen LogP contribution in [0.2, 0.25) is 0 Å². The molecule has 0 spiro atoms. The highest BCUT2D eigenvalue weighted by Crippen LogP contribution is 2.27. The summed E-state index contributed by atoms with van der Waals surface area (Å²) in [5, 5.41) is 15.7. The fourth-order valence-electron chi connectivity index (χ4n) is 2.83. The summed E-state index contributed by atoms with van der Waals surface area (Å²) in [7, 11) is 0. The number of nitrogens with zero attached hydrogens (tertiary/aromatic N) is 2. The Kier molecular flexibility index (Phi) is 5.30. The second kappa shape index (κ2) is 8.03. The molecule has 29 heavy (non-hydrogen) atoms. The van der Waals surface area contributed by atoms with E-state index in [1.807, 2.05) is 43.3 Å². The number of allylic oxidation sites excluding steroid dienone is 1. The smallest absolute Gasteiger partial charge is 0.345 e. The molecular weight excluding hydrogens is 450 g/mol. The lowest BCUT2D eigenvalue weighted by atomic mass is 10.1. The molecule has 0 bridgehead atoms. The number of rotatable bonds is 4. The topological polar surface area (TPSA) is 78.9 Å². The molecule has 2 aromatic heterocycles. The molecule has 0 aliphatic heterocycles. The first-order valence-corrected chi connectivity index (χ1v) is 10.3. The van der Waals surface area contributed by atoms with Crippen molar-refractivity contribution in [3.8, 4) is 17.3 Å². The van der Waals surface area contributed by atoms with Crippen LogP contribution in [0.25, 0.3) is 27.8 Å². The minimum Gasteiger partial charge on any atom is -0.422 e. The van der Waals surface area contributed by atoms with E-state index < -0.39 is 5.63 Å². The summed E-state index contributed by atoms with van der Waals surface area (Å²) in [5.41, 5.74) is 3.29. The third-order valence-corrected chi connectivity index (χ3v) is 5.60. The van der Waals surface area contributed by atoms with E-state index in [1.54, 1.807) is 23.7 Å². The molecule has 7 heteroatoms. The molecule has 0 saturated carbocycles. The molecule has 0 aliphatic rings. The zero-order chi connectivity index (χ0) is 20.4. The molecule has 5 nitrogen and oxygen atoms in total. The van der Waals surface area contributed by atoms with Gasteiger partial charge < -0.3 is 9.73 Å². The standard InChI is InChI=1S/C22H14BrN3O2S/c1-13-3-2-4-17(7-13)25-11-15(10-24)21-26-19(12-29-21)18-9-14-8-16(23)5-6-20(14)28-22(18)27/h2-9,11-12,25H,1H3/b15-11-. The number of benzene rings is 2. The molecular formula is C22H14BrN3O2S. The van der Waals surface area contributed by atoms with Crippen LogP contribution < -0.4 is 10.9 Å². The lowest BCUT2D eigenvalue weighted by Gasteiger charge is -2.02. The van der Waals surface area contributed by atoms with Gasteiger partial charge >= 0.3 is 5.63 Å². The van der Waals surface area contributed by atoms with Crippen molar-refractivity contribution in [1.29, 1.82) is 5.26 Å². The van der Waals surface area contributed by atoms with Crippen molar-refractivity contribution >= 4 is 49.5 Å². The van der Waals surface area contributed by atoms with Gasteiger partial charge in [0.2, 0.25) is 0 Å². The van der Waals surface area contributed by atoms with Crippen molar-refractivity contribution in [3.63, 3.8) is 0 Å². The van der Waals surface area contributed by atoms with Gasteiger partial charge in [-0.15, -0.1) is 11.3 Å². The zero-order valence-electron chi connectivity index (χ0n) is 15.3. The predicted octanol–water partition coefficient (Wildman–Crippen LogP) is 5.96. The van der Waals surface area contributed by atoms with Crippen LogP contribution in [0.4, 0.5) is 5.69 Å². The van der Waals surface area contributed by atoms with Crippen LogP contribution in [0.5, 0.6) is 0 Å². The third kappa shape index (κ3) is 4.14. The Hall–Kier alpha value is -3.21. The number of anilines is 1. The Balaban J connectivity index is 1.67. The molecule has 4 rings (SSSR count). The highest BCUT2D eigenvalue weighted by atomic mass is 79.9. The van der Waals surface area contributed by atoms with Gasteiger partial charge in [-0.25, -0.2) is 9.78 Å². The minimum absolute atomic E-state index is 0.363. The van der Waals surface area contributed by atoms with Crippen molar-refractivity contribution in [2.24, 2.45) is 0 Å². The maximum Gasteiger partial charge on any atom is 0.345 e. The lowest BCUT2D eigenvalue weighted by molar-refractivity contribution is 0.563. The zero-order valence-corrected chi connectivity index (χ0v) is 17.7. The SMILES string of the molecule is Cc1cccc(N/C=C(/C#N)c2nc(-c3cc4cc(Br)ccc4oc3=O)cs2)c1. The Morgan fingerprint density at radius 3 is 2.93 bits per heavy atom. The number of thiazole rings is 1. The van der Waals surface area contributed by atoms with Gasteiger partial charge in [0.25, 0.3) is 0 Å². The van der Waals surface area contributed by atoms with Crippen LogP contribution in [-0.2, 0) is 0 Å². The molecule has 1 N–H and O–H groups in total.